The molecular weight excluding hydrogens is 1130 g/mol. The highest BCUT2D eigenvalue weighted by Crippen LogP contribution is 2.21. The van der Waals surface area contributed by atoms with Crippen LogP contribution in [0.5, 0.6) is 0 Å². The van der Waals surface area contributed by atoms with Gasteiger partial charge in [-0.3, -0.25) is 9.59 Å². The lowest BCUT2D eigenvalue weighted by atomic mass is 10.0. The molecule has 1 amide bonds. The number of hydrogen-bond acceptors (Lipinski definition) is 5. The van der Waals surface area contributed by atoms with E-state index in [1.54, 1.807) is 0 Å². The molecule has 0 rings (SSSR count). The van der Waals surface area contributed by atoms with E-state index in [-0.39, 0.29) is 18.5 Å². The van der Waals surface area contributed by atoms with E-state index in [9.17, 15) is 19.8 Å². The maximum Gasteiger partial charge on any atom is 0.305 e. The fourth-order valence-electron chi connectivity index (χ4n) is 13.8. The first-order chi connectivity index (χ1) is 45.5. The Morgan fingerprint density at radius 2 is 0.565 bits per heavy atom. The van der Waals surface area contributed by atoms with Gasteiger partial charge < -0.3 is 20.3 Å². The SMILES string of the molecule is CCC/C=C\C/C=C\CCCCCCCC(=O)OCCCCCCCCCCCCCCCCCCCCCCCCCCCCCCCCCCCCCCCC(=O)NC(CO)C(O)CCCCCCCCCCCCCCCCCCCCCCCCCCC. The Bertz CT molecular complexity index is 1450. The van der Waals surface area contributed by atoms with Gasteiger partial charge in [-0.15, -0.1) is 0 Å². The molecule has 0 saturated carbocycles. The average Bonchev–Trinajstić information content (AvgIpc) is 3.55. The molecule has 0 spiro atoms. The number of amides is 1. The maximum absolute atomic E-state index is 12.6. The molecule has 0 saturated heterocycles. The average molecular weight is 1300 g/mol. The summed E-state index contributed by atoms with van der Waals surface area (Å²) in [6, 6.07) is -0.538. The first-order valence-electron chi connectivity index (χ1n) is 42.6. The summed E-state index contributed by atoms with van der Waals surface area (Å²) in [5, 5.41) is 23.5. The molecule has 0 aliphatic rings. The number of aliphatic hydroxyl groups is 2. The van der Waals surface area contributed by atoms with Crippen molar-refractivity contribution in [3.05, 3.63) is 24.3 Å². The van der Waals surface area contributed by atoms with Crippen LogP contribution in [0.1, 0.15) is 489 Å². The van der Waals surface area contributed by atoms with Gasteiger partial charge in [0.15, 0.2) is 0 Å². The molecule has 0 heterocycles. The van der Waals surface area contributed by atoms with Gasteiger partial charge in [-0.2, -0.15) is 0 Å². The predicted molar refractivity (Wildman–Crippen MR) is 407 cm³/mol. The zero-order chi connectivity index (χ0) is 66.3. The molecule has 2 unspecified atom stereocenters. The van der Waals surface area contributed by atoms with E-state index in [2.05, 4.69) is 43.5 Å². The number of carbonyl (C=O) groups is 2. The fourth-order valence-corrected chi connectivity index (χ4v) is 13.8. The summed E-state index contributed by atoms with van der Waals surface area (Å²) in [5.41, 5.74) is 0. The van der Waals surface area contributed by atoms with Gasteiger partial charge in [0.25, 0.3) is 0 Å². The van der Waals surface area contributed by atoms with Crippen molar-refractivity contribution in [1.29, 1.82) is 0 Å². The van der Waals surface area contributed by atoms with Crippen molar-refractivity contribution in [3.8, 4) is 0 Å². The van der Waals surface area contributed by atoms with Crippen LogP contribution in [0, 0.1) is 0 Å². The van der Waals surface area contributed by atoms with Crippen molar-refractivity contribution in [1.82, 2.24) is 5.32 Å². The van der Waals surface area contributed by atoms with Crippen LogP contribution in [0.3, 0.4) is 0 Å². The zero-order valence-electron chi connectivity index (χ0n) is 62.8. The van der Waals surface area contributed by atoms with Crippen LogP contribution in [-0.4, -0.2) is 47.4 Å². The van der Waals surface area contributed by atoms with Crippen LogP contribution in [0.2, 0.25) is 0 Å². The van der Waals surface area contributed by atoms with Gasteiger partial charge in [0, 0.05) is 12.8 Å². The molecule has 0 aromatic rings. The number of carbonyl (C=O) groups excluding carboxylic acids is 2. The highest BCUT2D eigenvalue weighted by molar-refractivity contribution is 5.76. The molecule has 0 aromatic heterocycles. The topological polar surface area (TPSA) is 95.9 Å². The van der Waals surface area contributed by atoms with E-state index in [4.69, 9.17) is 4.74 Å². The van der Waals surface area contributed by atoms with Crippen LogP contribution < -0.4 is 5.32 Å². The van der Waals surface area contributed by atoms with Crippen LogP contribution in [0.25, 0.3) is 0 Å². The largest absolute Gasteiger partial charge is 0.466 e. The van der Waals surface area contributed by atoms with E-state index < -0.39 is 12.1 Å². The van der Waals surface area contributed by atoms with Gasteiger partial charge in [0.1, 0.15) is 0 Å². The third kappa shape index (κ3) is 77.3. The van der Waals surface area contributed by atoms with Gasteiger partial charge in [0.2, 0.25) is 5.91 Å². The fraction of sp³-hybridized carbons (Fsp3) is 0.930. The smallest absolute Gasteiger partial charge is 0.305 e. The Balaban J connectivity index is 3.31. The number of ether oxygens (including phenoxy) is 1. The summed E-state index contributed by atoms with van der Waals surface area (Å²) in [6.07, 6.45) is 106. The second kappa shape index (κ2) is 81.8. The normalized spacial score (nSPS) is 12.5. The van der Waals surface area contributed by atoms with Crippen LogP contribution in [0.15, 0.2) is 24.3 Å². The van der Waals surface area contributed by atoms with Gasteiger partial charge in [-0.05, 0) is 51.4 Å². The Kier molecular flexibility index (Phi) is 80.3. The second-order valence-electron chi connectivity index (χ2n) is 29.5. The summed E-state index contributed by atoms with van der Waals surface area (Å²) in [5.74, 6) is -0.0139. The molecule has 6 heteroatoms. The van der Waals surface area contributed by atoms with E-state index in [0.717, 1.165) is 51.4 Å². The van der Waals surface area contributed by atoms with Crippen molar-refractivity contribution in [3.63, 3.8) is 0 Å². The number of esters is 1. The van der Waals surface area contributed by atoms with Crippen molar-refractivity contribution in [2.75, 3.05) is 13.2 Å². The molecule has 92 heavy (non-hydrogen) atoms. The Labute approximate surface area is 577 Å². The first-order valence-corrected chi connectivity index (χ1v) is 42.6. The van der Waals surface area contributed by atoms with Crippen molar-refractivity contribution in [2.45, 2.75) is 501 Å². The van der Waals surface area contributed by atoms with Crippen LogP contribution >= 0.6 is 0 Å². The van der Waals surface area contributed by atoms with E-state index >= 15 is 0 Å². The molecule has 0 aliphatic carbocycles. The van der Waals surface area contributed by atoms with E-state index in [1.807, 2.05) is 0 Å². The van der Waals surface area contributed by atoms with E-state index in [1.165, 1.54) is 405 Å². The third-order valence-electron chi connectivity index (χ3n) is 20.2. The van der Waals surface area contributed by atoms with Crippen LogP contribution in [-0.2, 0) is 14.3 Å². The lowest BCUT2D eigenvalue weighted by Gasteiger charge is -2.22. The quantitative estimate of drug-likeness (QED) is 0.0320. The molecular formula is C86H167NO5. The van der Waals surface area contributed by atoms with Gasteiger partial charge in [0.05, 0.1) is 25.4 Å². The zero-order valence-corrected chi connectivity index (χ0v) is 62.8. The highest BCUT2D eigenvalue weighted by Gasteiger charge is 2.20. The molecule has 546 valence electrons. The molecule has 3 N–H and O–H groups in total. The summed E-state index contributed by atoms with van der Waals surface area (Å²) >= 11 is 0. The number of aliphatic hydroxyl groups excluding tert-OH is 2. The Morgan fingerprint density at radius 1 is 0.304 bits per heavy atom. The lowest BCUT2D eigenvalue weighted by Crippen LogP contribution is -2.45. The van der Waals surface area contributed by atoms with Crippen LogP contribution in [0.4, 0.5) is 0 Å². The van der Waals surface area contributed by atoms with Gasteiger partial charge in [-0.1, -0.05) is 449 Å². The summed E-state index contributed by atoms with van der Waals surface area (Å²) in [7, 11) is 0. The summed E-state index contributed by atoms with van der Waals surface area (Å²) in [4.78, 5) is 24.6. The number of allylic oxidation sites excluding steroid dienone is 4. The Hall–Kier alpha value is -1.66. The lowest BCUT2D eigenvalue weighted by molar-refractivity contribution is -0.143. The molecule has 0 aliphatic heterocycles. The molecule has 2 atom stereocenters. The Morgan fingerprint density at radius 3 is 0.870 bits per heavy atom. The summed E-state index contributed by atoms with van der Waals surface area (Å²) in [6.45, 7) is 4.94. The second-order valence-corrected chi connectivity index (χ2v) is 29.5. The molecule has 0 radical (unpaired) electrons. The number of unbranched alkanes of at least 4 members (excludes halogenated alkanes) is 66. The number of nitrogens with one attached hydrogen (secondary N) is 1. The first kappa shape index (κ1) is 90.3. The number of rotatable bonds is 81. The van der Waals surface area contributed by atoms with E-state index in [0.29, 0.717) is 25.9 Å². The number of hydrogen-bond donors (Lipinski definition) is 3. The minimum atomic E-state index is -0.662. The third-order valence-corrected chi connectivity index (χ3v) is 20.2. The minimum Gasteiger partial charge on any atom is -0.466 e. The summed E-state index contributed by atoms with van der Waals surface area (Å²) < 4.78 is 5.49. The molecule has 0 aromatic carbocycles. The van der Waals surface area contributed by atoms with Crippen molar-refractivity contribution >= 4 is 11.9 Å². The van der Waals surface area contributed by atoms with Gasteiger partial charge in [-0.25, -0.2) is 0 Å². The standard InChI is InChI=1S/C86H167NO5/c1-3-5-7-9-11-13-15-17-18-19-20-21-22-36-39-42-45-48-51-55-58-62-66-70-74-78-84(89)83(82-88)87-85(90)79-75-71-67-63-59-56-52-49-46-43-40-37-34-32-30-28-26-24-23-25-27-29-31-33-35-38-41-44-47-50-53-57-61-65-69-73-77-81-92-86(91)80-76-72-68-64-60-54-16-14-12-10-8-6-4-2/h8,10,14,16,83-84,88-89H,3-7,9,11-13,15,17-82H2,1-2H3,(H,87,90)/b10-8-,16-14-. The molecule has 6 nitrogen and oxygen atoms in total. The monoisotopic (exact) mass is 1290 g/mol. The maximum atomic E-state index is 12.6. The molecule has 0 fully saturated rings. The minimum absolute atomic E-state index is 0.00890. The predicted octanol–water partition coefficient (Wildman–Crippen LogP) is 28.4. The highest BCUT2D eigenvalue weighted by atomic mass is 16.5. The van der Waals surface area contributed by atoms with Crippen molar-refractivity contribution < 1.29 is 24.5 Å². The van der Waals surface area contributed by atoms with Crippen molar-refractivity contribution in [2.24, 2.45) is 0 Å². The molecule has 0 bridgehead atoms. The van der Waals surface area contributed by atoms with Gasteiger partial charge >= 0.3 is 5.97 Å².